The molecule has 38 heavy (non-hydrogen) atoms. The predicted molar refractivity (Wildman–Crippen MR) is 154 cm³/mol. The molecule has 0 aliphatic heterocycles. The van der Waals surface area contributed by atoms with Crippen molar-refractivity contribution in [3.05, 3.63) is 122 Å². The van der Waals surface area contributed by atoms with E-state index < -0.39 is 11.9 Å². The lowest BCUT2D eigenvalue weighted by Crippen LogP contribution is -2.19. The van der Waals surface area contributed by atoms with E-state index in [4.69, 9.17) is 27.9 Å². The molecule has 0 fully saturated rings. The minimum absolute atomic E-state index is 0.280. The highest BCUT2D eigenvalue weighted by atomic mass is 79.9. The zero-order chi connectivity index (χ0) is 26.6. The molecule has 0 aliphatic carbocycles. The van der Waals surface area contributed by atoms with Crippen LogP contribution in [0.1, 0.15) is 26.4 Å². The number of nitrogens with zero attached hydrogens (tertiary/aromatic N) is 1. The maximum absolute atomic E-state index is 13.2. The maximum Gasteiger partial charge on any atom is 0.343 e. The van der Waals surface area contributed by atoms with Gasteiger partial charge >= 0.3 is 5.97 Å². The number of hydrogen-bond acceptors (Lipinski definition) is 4. The molecule has 0 aliphatic rings. The van der Waals surface area contributed by atoms with E-state index >= 15 is 0 Å². The Balaban J connectivity index is 1.41. The standard InChI is InChI=1S/C29H18BrCl2N3O3/c30-20-12-10-18(11-13-20)29(37)38-24-9-5-4-8-19(24)16-33-35-28(36)27-25(17-6-2-1-3-7-17)26-22(32)14-21(31)15-23(26)34-27/h1-16,34H,(H,35,36). The van der Waals surface area contributed by atoms with Gasteiger partial charge in [0.15, 0.2) is 0 Å². The number of H-pyrrole nitrogens is 1. The minimum Gasteiger partial charge on any atom is -0.422 e. The largest absolute Gasteiger partial charge is 0.422 e. The molecule has 2 N–H and O–H groups in total. The van der Waals surface area contributed by atoms with E-state index in [9.17, 15) is 9.59 Å². The summed E-state index contributed by atoms with van der Waals surface area (Å²) >= 11 is 16.1. The first-order valence-corrected chi connectivity index (χ1v) is 12.9. The topological polar surface area (TPSA) is 83.5 Å². The first-order valence-electron chi connectivity index (χ1n) is 11.4. The van der Waals surface area contributed by atoms with Crippen molar-refractivity contribution in [1.29, 1.82) is 0 Å². The summed E-state index contributed by atoms with van der Waals surface area (Å²) in [4.78, 5) is 29.0. The third-order valence-corrected chi connectivity index (χ3v) is 6.72. The Labute approximate surface area is 236 Å². The lowest BCUT2D eigenvalue weighted by atomic mass is 10.0. The SMILES string of the molecule is O=C(Oc1ccccc1C=NNC(=O)c1[nH]c2cc(Cl)cc(Cl)c2c1-c1ccccc1)c1ccc(Br)cc1. The number of ether oxygens (including phenoxy) is 1. The molecular weight excluding hydrogens is 589 g/mol. The van der Waals surface area contributed by atoms with Crippen LogP contribution in [0, 0.1) is 0 Å². The number of hydrazone groups is 1. The number of esters is 1. The second-order valence-electron chi connectivity index (χ2n) is 8.18. The molecule has 1 aromatic heterocycles. The number of benzene rings is 4. The molecular formula is C29H18BrCl2N3O3. The van der Waals surface area contributed by atoms with Gasteiger partial charge in [0.05, 0.1) is 16.8 Å². The summed E-state index contributed by atoms with van der Waals surface area (Å²) in [6.45, 7) is 0. The van der Waals surface area contributed by atoms with Crippen LogP contribution < -0.4 is 10.2 Å². The van der Waals surface area contributed by atoms with Gasteiger partial charge in [-0.05, 0) is 54.1 Å². The molecule has 0 saturated carbocycles. The van der Waals surface area contributed by atoms with E-state index in [-0.39, 0.29) is 5.69 Å². The van der Waals surface area contributed by atoms with E-state index in [0.717, 1.165) is 10.0 Å². The summed E-state index contributed by atoms with van der Waals surface area (Å²) in [5.41, 5.74) is 5.81. The Morgan fingerprint density at radius 2 is 1.63 bits per heavy atom. The number of halogens is 3. The van der Waals surface area contributed by atoms with Crippen molar-refractivity contribution in [3.8, 4) is 16.9 Å². The van der Waals surface area contributed by atoms with Gasteiger partial charge in [0.1, 0.15) is 11.4 Å². The number of nitrogens with one attached hydrogen (secondary N) is 2. The van der Waals surface area contributed by atoms with Gasteiger partial charge in [-0.1, -0.05) is 81.6 Å². The third kappa shape index (κ3) is 5.50. The Morgan fingerprint density at radius 3 is 2.39 bits per heavy atom. The molecule has 188 valence electrons. The third-order valence-electron chi connectivity index (χ3n) is 5.68. The summed E-state index contributed by atoms with van der Waals surface area (Å²) in [5.74, 6) is -0.688. The summed E-state index contributed by atoms with van der Waals surface area (Å²) in [6, 6.07) is 26.5. The zero-order valence-electron chi connectivity index (χ0n) is 19.5. The number of aromatic nitrogens is 1. The molecule has 0 spiro atoms. The van der Waals surface area contributed by atoms with Gasteiger partial charge in [0.2, 0.25) is 0 Å². The van der Waals surface area contributed by atoms with Gasteiger partial charge in [0, 0.05) is 31.5 Å². The quantitative estimate of drug-likeness (QED) is 0.0892. The highest BCUT2D eigenvalue weighted by Crippen LogP contribution is 2.38. The van der Waals surface area contributed by atoms with Gasteiger partial charge in [-0.25, -0.2) is 10.2 Å². The number of aromatic amines is 1. The van der Waals surface area contributed by atoms with E-state index in [1.54, 1.807) is 60.7 Å². The molecule has 0 saturated heterocycles. The van der Waals surface area contributed by atoms with Crippen molar-refractivity contribution < 1.29 is 14.3 Å². The average Bonchev–Trinajstić information content (AvgIpc) is 3.30. The molecule has 0 atom stereocenters. The highest BCUT2D eigenvalue weighted by Gasteiger charge is 2.21. The minimum atomic E-state index is -0.511. The van der Waals surface area contributed by atoms with Crippen molar-refractivity contribution in [3.63, 3.8) is 0 Å². The van der Waals surface area contributed by atoms with Crippen molar-refractivity contribution >= 4 is 68.1 Å². The molecule has 0 radical (unpaired) electrons. The van der Waals surface area contributed by atoms with Crippen LogP contribution >= 0.6 is 39.1 Å². The van der Waals surface area contributed by atoms with Gasteiger partial charge in [-0.2, -0.15) is 5.10 Å². The molecule has 5 rings (SSSR count). The number of hydrogen-bond donors (Lipinski definition) is 2. The lowest BCUT2D eigenvalue weighted by molar-refractivity contribution is 0.0734. The lowest BCUT2D eigenvalue weighted by Gasteiger charge is -2.08. The highest BCUT2D eigenvalue weighted by molar-refractivity contribution is 9.10. The fourth-order valence-electron chi connectivity index (χ4n) is 3.95. The molecule has 6 nitrogen and oxygen atoms in total. The number of rotatable bonds is 6. The summed E-state index contributed by atoms with van der Waals surface area (Å²) in [7, 11) is 0. The Bertz CT molecular complexity index is 1680. The first kappa shape index (κ1) is 25.7. The molecule has 0 unspecified atom stereocenters. The fraction of sp³-hybridized carbons (Fsp3) is 0. The van der Waals surface area contributed by atoms with Crippen LogP contribution in [0.25, 0.3) is 22.0 Å². The summed E-state index contributed by atoms with van der Waals surface area (Å²) in [5, 5.41) is 5.67. The molecule has 1 heterocycles. The van der Waals surface area contributed by atoms with E-state index in [1.165, 1.54) is 6.21 Å². The van der Waals surface area contributed by atoms with E-state index in [0.29, 0.717) is 43.4 Å². The fourth-order valence-corrected chi connectivity index (χ4v) is 4.81. The normalized spacial score (nSPS) is 11.1. The van der Waals surface area contributed by atoms with Gasteiger partial charge in [-0.3, -0.25) is 4.79 Å². The Kier molecular flexibility index (Phi) is 7.60. The predicted octanol–water partition coefficient (Wildman–Crippen LogP) is 7.89. The Hall–Kier alpha value is -3.91. The summed E-state index contributed by atoms with van der Waals surface area (Å²) < 4.78 is 6.42. The maximum atomic E-state index is 13.2. The van der Waals surface area contributed by atoms with Gasteiger partial charge in [-0.15, -0.1) is 0 Å². The van der Waals surface area contributed by atoms with Crippen molar-refractivity contribution in [1.82, 2.24) is 10.4 Å². The number of fused-ring (bicyclic) bond motifs is 1. The summed E-state index contributed by atoms with van der Waals surface area (Å²) in [6.07, 6.45) is 1.41. The van der Waals surface area contributed by atoms with Crippen LogP contribution in [0.5, 0.6) is 5.75 Å². The van der Waals surface area contributed by atoms with Crippen LogP contribution in [-0.2, 0) is 0 Å². The smallest absolute Gasteiger partial charge is 0.343 e. The van der Waals surface area contributed by atoms with Crippen molar-refractivity contribution in [2.24, 2.45) is 5.10 Å². The van der Waals surface area contributed by atoms with E-state index in [2.05, 4.69) is 31.4 Å². The van der Waals surface area contributed by atoms with Gasteiger partial charge in [0.25, 0.3) is 5.91 Å². The molecule has 9 heteroatoms. The van der Waals surface area contributed by atoms with Crippen LogP contribution in [0.3, 0.4) is 0 Å². The first-order chi connectivity index (χ1) is 18.4. The number of carbonyl (C=O) groups excluding carboxylic acids is 2. The van der Waals surface area contributed by atoms with E-state index in [1.807, 2.05) is 30.3 Å². The molecule has 0 bridgehead atoms. The van der Waals surface area contributed by atoms with Crippen LogP contribution in [0.4, 0.5) is 0 Å². The van der Waals surface area contributed by atoms with Crippen LogP contribution in [0.15, 0.2) is 101 Å². The molecule has 1 amide bonds. The Morgan fingerprint density at radius 1 is 0.921 bits per heavy atom. The monoisotopic (exact) mass is 605 g/mol. The molecule has 4 aromatic carbocycles. The van der Waals surface area contributed by atoms with Crippen molar-refractivity contribution in [2.75, 3.05) is 0 Å². The van der Waals surface area contributed by atoms with Gasteiger partial charge < -0.3 is 9.72 Å². The number of para-hydroxylation sites is 1. The van der Waals surface area contributed by atoms with Crippen LogP contribution in [-0.4, -0.2) is 23.1 Å². The second-order valence-corrected chi connectivity index (χ2v) is 9.94. The molecule has 5 aromatic rings. The van der Waals surface area contributed by atoms with Crippen molar-refractivity contribution in [2.45, 2.75) is 0 Å². The zero-order valence-corrected chi connectivity index (χ0v) is 22.6. The second kappa shape index (κ2) is 11.2. The number of carbonyl (C=O) groups is 2. The number of amides is 1. The van der Waals surface area contributed by atoms with Crippen LogP contribution in [0.2, 0.25) is 10.0 Å². The average molecular weight is 607 g/mol.